The average molecular weight is 304 g/mol. The SMILES string of the molecule is CC(NCCOCCN(C)C)c1ccc(C(F)(F)F)cc1. The minimum Gasteiger partial charge on any atom is -0.379 e. The highest BCUT2D eigenvalue weighted by Crippen LogP contribution is 2.29. The number of likely N-dealkylation sites (N-methyl/N-ethyl adjacent to an activating group) is 1. The van der Waals surface area contributed by atoms with Gasteiger partial charge in [0.1, 0.15) is 0 Å². The predicted molar refractivity (Wildman–Crippen MR) is 77.2 cm³/mol. The number of alkyl halides is 3. The maximum absolute atomic E-state index is 12.5. The standard InChI is InChI=1S/C15H23F3N2O/c1-12(19-8-10-21-11-9-20(2)3)13-4-6-14(7-5-13)15(16,17)18/h4-7,12,19H,8-11H2,1-3H3. The Hall–Kier alpha value is -1.11. The van der Waals surface area contributed by atoms with Crippen LogP contribution in [0.5, 0.6) is 0 Å². The van der Waals surface area contributed by atoms with Gasteiger partial charge in [-0.1, -0.05) is 12.1 Å². The highest BCUT2D eigenvalue weighted by molar-refractivity contribution is 5.26. The molecule has 0 fully saturated rings. The molecule has 1 unspecified atom stereocenters. The predicted octanol–water partition coefficient (Wildman–Crippen LogP) is 2.93. The van der Waals surface area contributed by atoms with E-state index in [0.717, 1.165) is 24.2 Å². The monoisotopic (exact) mass is 304 g/mol. The molecule has 6 heteroatoms. The summed E-state index contributed by atoms with van der Waals surface area (Å²) in [5, 5.41) is 3.23. The van der Waals surface area contributed by atoms with Crippen molar-refractivity contribution in [3.05, 3.63) is 35.4 Å². The fraction of sp³-hybridized carbons (Fsp3) is 0.600. The Bertz CT molecular complexity index is 404. The Balaban J connectivity index is 2.30. The van der Waals surface area contributed by atoms with Gasteiger partial charge in [0, 0.05) is 19.1 Å². The fourth-order valence-electron chi connectivity index (χ4n) is 1.78. The number of rotatable bonds is 8. The van der Waals surface area contributed by atoms with E-state index < -0.39 is 11.7 Å². The van der Waals surface area contributed by atoms with Gasteiger partial charge in [0.25, 0.3) is 0 Å². The van der Waals surface area contributed by atoms with Crippen molar-refractivity contribution >= 4 is 0 Å². The molecule has 0 aliphatic rings. The molecule has 0 spiro atoms. The molecule has 1 aromatic rings. The first-order chi connectivity index (χ1) is 9.80. The van der Waals surface area contributed by atoms with Crippen LogP contribution >= 0.6 is 0 Å². The maximum atomic E-state index is 12.5. The van der Waals surface area contributed by atoms with E-state index in [-0.39, 0.29) is 6.04 Å². The first-order valence-corrected chi connectivity index (χ1v) is 6.93. The lowest BCUT2D eigenvalue weighted by atomic mass is 10.1. The van der Waals surface area contributed by atoms with Crippen molar-refractivity contribution < 1.29 is 17.9 Å². The molecule has 0 aromatic heterocycles. The molecule has 120 valence electrons. The number of hydrogen-bond donors (Lipinski definition) is 1. The van der Waals surface area contributed by atoms with E-state index in [1.165, 1.54) is 12.1 Å². The molecule has 0 aliphatic carbocycles. The summed E-state index contributed by atoms with van der Waals surface area (Å²) in [6.07, 6.45) is -4.28. The zero-order valence-electron chi connectivity index (χ0n) is 12.7. The molecule has 1 aromatic carbocycles. The van der Waals surface area contributed by atoms with E-state index in [1.54, 1.807) is 0 Å². The van der Waals surface area contributed by atoms with Crippen molar-refractivity contribution in [1.29, 1.82) is 0 Å². The lowest BCUT2D eigenvalue weighted by Gasteiger charge is -2.16. The van der Waals surface area contributed by atoms with Crippen molar-refractivity contribution in [3.8, 4) is 0 Å². The highest BCUT2D eigenvalue weighted by Gasteiger charge is 2.30. The van der Waals surface area contributed by atoms with Crippen molar-refractivity contribution in [2.45, 2.75) is 19.1 Å². The second-order valence-corrected chi connectivity index (χ2v) is 5.21. The van der Waals surface area contributed by atoms with Gasteiger partial charge < -0.3 is 15.0 Å². The lowest BCUT2D eigenvalue weighted by molar-refractivity contribution is -0.137. The van der Waals surface area contributed by atoms with Crippen LogP contribution in [0.2, 0.25) is 0 Å². The van der Waals surface area contributed by atoms with Crippen molar-refractivity contribution in [2.75, 3.05) is 40.4 Å². The molecular formula is C15H23F3N2O. The van der Waals surface area contributed by atoms with E-state index in [0.29, 0.717) is 19.8 Å². The molecule has 0 amide bonds. The van der Waals surface area contributed by atoms with Crippen LogP contribution in [0.1, 0.15) is 24.1 Å². The second-order valence-electron chi connectivity index (χ2n) is 5.21. The number of hydrogen-bond acceptors (Lipinski definition) is 3. The molecule has 0 heterocycles. The van der Waals surface area contributed by atoms with E-state index in [4.69, 9.17) is 4.74 Å². The largest absolute Gasteiger partial charge is 0.416 e. The molecule has 0 saturated heterocycles. The average Bonchev–Trinajstić information content (AvgIpc) is 2.41. The van der Waals surface area contributed by atoms with Crippen LogP contribution < -0.4 is 5.32 Å². The molecule has 0 saturated carbocycles. The van der Waals surface area contributed by atoms with Gasteiger partial charge in [-0.3, -0.25) is 0 Å². The van der Waals surface area contributed by atoms with E-state index >= 15 is 0 Å². The van der Waals surface area contributed by atoms with Gasteiger partial charge in [0.15, 0.2) is 0 Å². The molecule has 21 heavy (non-hydrogen) atoms. The highest BCUT2D eigenvalue weighted by atomic mass is 19.4. The number of benzene rings is 1. The van der Waals surface area contributed by atoms with Gasteiger partial charge >= 0.3 is 6.18 Å². The summed E-state index contributed by atoms with van der Waals surface area (Å²) in [4.78, 5) is 2.04. The molecule has 0 bridgehead atoms. The summed E-state index contributed by atoms with van der Waals surface area (Å²) in [6.45, 7) is 4.70. The Morgan fingerprint density at radius 1 is 1.14 bits per heavy atom. The zero-order valence-corrected chi connectivity index (χ0v) is 12.7. The summed E-state index contributed by atoms with van der Waals surface area (Å²) in [6, 6.07) is 5.23. The van der Waals surface area contributed by atoms with Crippen LogP contribution in [0.3, 0.4) is 0 Å². The lowest BCUT2D eigenvalue weighted by Crippen LogP contribution is -2.25. The first-order valence-electron chi connectivity index (χ1n) is 6.93. The summed E-state index contributed by atoms with van der Waals surface area (Å²) >= 11 is 0. The molecule has 0 aliphatic heterocycles. The Morgan fingerprint density at radius 2 is 1.76 bits per heavy atom. The van der Waals surface area contributed by atoms with E-state index in [1.807, 2.05) is 25.9 Å². The molecule has 0 radical (unpaired) electrons. The second kappa shape index (κ2) is 8.36. The van der Waals surface area contributed by atoms with Crippen LogP contribution in [-0.2, 0) is 10.9 Å². The van der Waals surface area contributed by atoms with Crippen LogP contribution in [0, 0.1) is 0 Å². The summed E-state index contributed by atoms with van der Waals surface area (Å²) < 4.78 is 42.8. The van der Waals surface area contributed by atoms with Crippen LogP contribution in [0.15, 0.2) is 24.3 Å². The molecule has 3 nitrogen and oxygen atoms in total. The van der Waals surface area contributed by atoms with Crippen LogP contribution in [0.25, 0.3) is 0 Å². The minimum atomic E-state index is -4.28. The molecule has 1 rings (SSSR count). The number of halogens is 3. The van der Waals surface area contributed by atoms with Gasteiger partial charge in [0.05, 0.1) is 18.8 Å². The van der Waals surface area contributed by atoms with Crippen LogP contribution in [0.4, 0.5) is 13.2 Å². The topological polar surface area (TPSA) is 24.5 Å². The Kier molecular flexibility index (Phi) is 7.14. The van der Waals surface area contributed by atoms with E-state index in [9.17, 15) is 13.2 Å². The van der Waals surface area contributed by atoms with E-state index in [2.05, 4.69) is 5.32 Å². The smallest absolute Gasteiger partial charge is 0.379 e. The number of nitrogens with zero attached hydrogens (tertiary/aromatic N) is 1. The van der Waals surface area contributed by atoms with Gasteiger partial charge in [-0.15, -0.1) is 0 Å². The Morgan fingerprint density at radius 3 is 2.29 bits per heavy atom. The maximum Gasteiger partial charge on any atom is 0.416 e. The summed E-state index contributed by atoms with van der Waals surface area (Å²) in [5.74, 6) is 0. The van der Waals surface area contributed by atoms with Crippen molar-refractivity contribution in [1.82, 2.24) is 10.2 Å². The van der Waals surface area contributed by atoms with Gasteiger partial charge in [-0.05, 0) is 38.7 Å². The first kappa shape index (κ1) is 17.9. The quantitative estimate of drug-likeness (QED) is 0.747. The van der Waals surface area contributed by atoms with Gasteiger partial charge in [-0.2, -0.15) is 13.2 Å². The molecular weight excluding hydrogens is 281 g/mol. The molecule has 1 atom stereocenters. The summed E-state index contributed by atoms with van der Waals surface area (Å²) in [5.41, 5.74) is 0.210. The van der Waals surface area contributed by atoms with Crippen LogP contribution in [-0.4, -0.2) is 45.3 Å². The number of nitrogens with one attached hydrogen (secondary N) is 1. The third-order valence-electron chi connectivity index (χ3n) is 3.12. The normalized spacial score (nSPS) is 13.7. The fourth-order valence-corrected chi connectivity index (χ4v) is 1.78. The van der Waals surface area contributed by atoms with Crippen molar-refractivity contribution in [3.63, 3.8) is 0 Å². The minimum absolute atomic E-state index is 0.00951. The van der Waals surface area contributed by atoms with Gasteiger partial charge in [0.2, 0.25) is 0 Å². The summed E-state index contributed by atoms with van der Waals surface area (Å²) in [7, 11) is 3.96. The number of ether oxygens (including phenoxy) is 1. The molecule has 1 N–H and O–H groups in total. The third-order valence-corrected chi connectivity index (χ3v) is 3.12. The van der Waals surface area contributed by atoms with Crippen molar-refractivity contribution in [2.24, 2.45) is 0 Å². The van der Waals surface area contributed by atoms with Gasteiger partial charge in [-0.25, -0.2) is 0 Å². The Labute approximate surface area is 124 Å². The zero-order chi connectivity index (χ0) is 15.9. The third kappa shape index (κ3) is 6.93.